The minimum atomic E-state index is 0.0466. The Morgan fingerprint density at radius 1 is 0.933 bits per heavy atom. The third kappa shape index (κ3) is 4.32. The maximum absolute atomic E-state index is 9.18. The molecular formula is C25H25N3O2. The molecule has 0 spiro atoms. The normalized spacial score (nSPS) is 12.1. The fourth-order valence-electron chi connectivity index (χ4n) is 3.42. The summed E-state index contributed by atoms with van der Waals surface area (Å²) in [5.41, 5.74) is 6.35. The van der Waals surface area contributed by atoms with E-state index in [-0.39, 0.29) is 12.6 Å². The zero-order valence-electron chi connectivity index (χ0n) is 17.2. The number of hydrogen-bond acceptors (Lipinski definition) is 5. The van der Waals surface area contributed by atoms with Gasteiger partial charge >= 0.3 is 0 Å². The molecule has 0 aliphatic rings. The van der Waals surface area contributed by atoms with Crippen molar-refractivity contribution in [2.24, 2.45) is 0 Å². The van der Waals surface area contributed by atoms with Gasteiger partial charge in [0.1, 0.15) is 0 Å². The summed E-state index contributed by atoms with van der Waals surface area (Å²) in [6, 6.07) is 24.5. The maximum atomic E-state index is 9.18. The van der Waals surface area contributed by atoms with Crippen LogP contribution in [0.5, 0.6) is 0 Å². The van der Waals surface area contributed by atoms with Crippen molar-refractivity contribution in [1.29, 1.82) is 0 Å². The molecule has 0 fully saturated rings. The molecule has 2 N–H and O–H groups in total. The van der Waals surface area contributed by atoms with E-state index in [0.717, 1.165) is 33.4 Å². The van der Waals surface area contributed by atoms with Gasteiger partial charge in [0.15, 0.2) is 0 Å². The van der Waals surface area contributed by atoms with Crippen molar-refractivity contribution >= 4 is 0 Å². The van der Waals surface area contributed by atoms with E-state index in [9.17, 15) is 5.11 Å². The van der Waals surface area contributed by atoms with E-state index in [1.165, 1.54) is 0 Å². The number of aliphatic hydroxyl groups excluding tert-OH is 1. The lowest BCUT2D eigenvalue weighted by atomic mass is 9.96. The Balaban J connectivity index is 1.61. The highest BCUT2D eigenvalue weighted by molar-refractivity contribution is 5.75. The van der Waals surface area contributed by atoms with Crippen molar-refractivity contribution in [2.75, 3.05) is 6.61 Å². The monoisotopic (exact) mass is 399 g/mol. The number of rotatable bonds is 7. The van der Waals surface area contributed by atoms with Crippen LogP contribution < -0.4 is 5.32 Å². The number of nitrogens with zero attached hydrogens (tertiary/aromatic N) is 2. The molecule has 5 heteroatoms. The van der Waals surface area contributed by atoms with Crippen LogP contribution in [0, 0.1) is 6.92 Å². The van der Waals surface area contributed by atoms with Crippen molar-refractivity contribution in [1.82, 2.24) is 15.5 Å². The van der Waals surface area contributed by atoms with E-state index >= 15 is 0 Å². The van der Waals surface area contributed by atoms with Crippen LogP contribution in [0.1, 0.15) is 18.1 Å². The van der Waals surface area contributed by atoms with Crippen LogP contribution in [-0.2, 0) is 6.54 Å². The number of aromatic nitrogens is 2. The van der Waals surface area contributed by atoms with Crippen molar-refractivity contribution < 1.29 is 9.63 Å². The van der Waals surface area contributed by atoms with Crippen molar-refractivity contribution in [3.63, 3.8) is 0 Å². The summed E-state index contributed by atoms with van der Waals surface area (Å²) >= 11 is 0. The zero-order valence-corrected chi connectivity index (χ0v) is 17.2. The Labute approximate surface area is 176 Å². The van der Waals surface area contributed by atoms with Crippen LogP contribution in [0.2, 0.25) is 0 Å². The first-order valence-corrected chi connectivity index (χ1v) is 10.1. The number of nitrogens with one attached hydrogen (secondary N) is 1. The Morgan fingerprint density at radius 3 is 2.47 bits per heavy atom. The van der Waals surface area contributed by atoms with E-state index in [1.807, 2.05) is 61.5 Å². The molecule has 30 heavy (non-hydrogen) atoms. The van der Waals surface area contributed by atoms with Crippen molar-refractivity contribution in [3.8, 4) is 34.0 Å². The summed E-state index contributed by atoms with van der Waals surface area (Å²) in [5, 5.41) is 16.7. The second kappa shape index (κ2) is 9.03. The summed E-state index contributed by atoms with van der Waals surface area (Å²) in [4.78, 5) is 4.66. The van der Waals surface area contributed by atoms with Crippen LogP contribution in [0.4, 0.5) is 0 Å². The fraction of sp³-hybridized carbons (Fsp3) is 0.200. The molecule has 0 bridgehead atoms. The minimum absolute atomic E-state index is 0.0466. The van der Waals surface area contributed by atoms with E-state index in [2.05, 4.69) is 40.6 Å². The Hall–Kier alpha value is -3.28. The lowest BCUT2D eigenvalue weighted by molar-refractivity contribution is 0.251. The third-order valence-electron chi connectivity index (χ3n) is 5.19. The quantitative estimate of drug-likeness (QED) is 0.465. The van der Waals surface area contributed by atoms with E-state index in [0.29, 0.717) is 18.3 Å². The van der Waals surface area contributed by atoms with Gasteiger partial charge in [-0.2, -0.15) is 4.98 Å². The average Bonchev–Trinajstić information content (AvgIpc) is 3.28. The number of hydrogen-bond donors (Lipinski definition) is 2. The molecule has 4 rings (SSSR count). The first-order chi connectivity index (χ1) is 14.7. The van der Waals surface area contributed by atoms with Gasteiger partial charge in [-0.3, -0.25) is 0 Å². The van der Waals surface area contributed by atoms with Crippen molar-refractivity contribution in [2.45, 2.75) is 26.4 Å². The van der Waals surface area contributed by atoms with Crippen LogP contribution in [0.15, 0.2) is 77.3 Å². The second-order valence-electron chi connectivity index (χ2n) is 7.43. The Bertz CT molecular complexity index is 1120. The van der Waals surface area contributed by atoms with Crippen LogP contribution in [0.25, 0.3) is 34.0 Å². The molecule has 1 atom stereocenters. The van der Waals surface area contributed by atoms with E-state index in [1.54, 1.807) is 0 Å². The molecule has 0 saturated heterocycles. The predicted octanol–water partition coefficient (Wildman–Crippen LogP) is 4.85. The molecule has 5 nitrogen and oxygen atoms in total. The average molecular weight is 399 g/mol. The largest absolute Gasteiger partial charge is 0.395 e. The lowest BCUT2D eigenvalue weighted by Crippen LogP contribution is -2.28. The third-order valence-corrected chi connectivity index (χ3v) is 5.19. The zero-order chi connectivity index (χ0) is 20.9. The van der Waals surface area contributed by atoms with Gasteiger partial charge in [0.25, 0.3) is 5.89 Å². The van der Waals surface area contributed by atoms with Gasteiger partial charge in [0.2, 0.25) is 5.82 Å². The smallest absolute Gasteiger partial charge is 0.258 e. The summed E-state index contributed by atoms with van der Waals surface area (Å²) in [6.07, 6.45) is 0. The maximum Gasteiger partial charge on any atom is 0.258 e. The van der Waals surface area contributed by atoms with Gasteiger partial charge < -0.3 is 14.9 Å². The molecule has 0 aliphatic heterocycles. The van der Waals surface area contributed by atoms with Gasteiger partial charge in [-0.25, -0.2) is 0 Å². The predicted molar refractivity (Wildman–Crippen MR) is 119 cm³/mol. The van der Waals surface area contributed by atoms with Gasteiger partial charge in [-0.15, -0.1) is 0 Å². The SMILES string of the molecule is Cc1c(-c2ccccc2)cccc1-c1nc(-c2cccc(CN[C@H](C)CO)c2)no1. The molecule has 4 aromatic rings. The van der Waals surface area contributed by atoms with E-state index in [4.69, 9.17) is 4.52 Å². The molecule has 3 aromatic carbocycles. The fourth-order valence-corrected chi connectivity index (χ4v) is 3.42. The number of benzene rings is 3. The topological polar surface area (TPSA) is 71.2 Å². The van der Waals surface area contributed by atoms with Crippen LogP contribution in [0.3, 0.4) is 0 Å². The van der Waals surface area contributed by atoms with Gasteiger partial charge in [-0.05, 0) is 48.2 Å². The summed E-state index contributed by atoms with van der Waals surface area (Å²) < 4.78 is 5.62. The molecule has 152 valence electrons. The Morgan fingerprint density at radius 2 is 1.67 bits per heavy atom. The molecule has 0 saturated carbocycles. The minimum Gasteiger partial charge on any atom is -0.395 e. The van der Waals surface area contributed by atoms with Crippen molar-refractivity contribution in [3.05, 3.63) is 83.9 Å². The van der Waals surface area contributed by atoms with Crippen LogP contribution >= 0.6 is 0 Å². The van der Waals surface area contributed by atoms with Crippen LogP contribution in [-0.4, -0.2) is 27.9 Å². The molecular weight excluding hydrogens is 374 g/mol. The molecule has 0 amide bonds. The number of aliphatic hydroxyl groups is 1. The molecule has 1 aromatic heterocycles. The molecule has 0 aliphatic carbocycles. The van der Waals surface area contributed by atoms with E-state index < -0.39 is 0 Å². The highest BCUT2D eigenvalue weighted by atomic mass is 16.5. The summed E-state index contributed by atoms with van der Waals surface area (Å²) in [6.45, 7) is 4.80. The first kappa shape index (κ1) is 20.0. The molecule has 1 heterocycles. The first-order valence-electron chi connectivity index (χ1n) is 10.1. The highest BCUT2D eigenvalue weighted by Gasteiger charge is 2.15. The van der Waals surface area contributed by atoms with Gasteiger partial charge in [-0.1, -0.05) is 65.8 Å². The molecule has 0 radical (unpaired) electrons. The molecule has 0 unspecified atom stereocenters. The second-order valence-corrected chi connectivity index (χ2v) is 7.43. The van der Waals surface area contributed by atoms with Gasteiger partial charge in [0.05, 0.1) is 6.61 Å². The summed E-state index contributed by atoms with van der Waals surface area (Å²) in [7, 11) is 0. The standard InChI is InChI=1S/C25H25N3O2/c1-17(16-29)26-15-19-8-6-11-21(14-19)24-27-25(30-28-24)23-13-7-12-22(18(23)2)20-9-4-3-5-10-20/h3-14,17,26,29H,15-16H2,1-2H3/t17-/m1/s1. The Kier molecular flexibility index (Phi) is 6.02. The summed E-state index contributed by atoms with van der Waals surface area (Å²) in [5.74, 6) is 1.07. The van der Waals surface area contributed by atoms with Gasteiger partial charge in [0, 0.05) is 23.7 Å². The highest BCUT2D eigenvalue weighted by Crippen LogP contribution is 2.31. The lowest BCUT2D eigenvalue weighted by Gasteiger charge is -2.10.